The van der Waals surface area contributed by atoms with Gasteiger partial charge in [-0.15, -0.1) is 0 Å². The molecule has 1 aliphatic rings. The number of nitrogens with zero attached hydrogens (tertiary/aromatic N) is 1. The first-order chi connectivity index (χ1) is 9.91. The zero-order chi connectivity index (χ0) is 16.8. The van der Waals surface area contributed by atoms with Gasteiger partial charge >= 0.3 is 6.18 Å². The number of allylic oxidation sites excluding steroid dienone is 1. The minimum atomic E-state index is -4.60. The van der Waals surface area contributed by atoms with Crippen LogP contribution in [0.3, 0.4) is 0 Å². The molecule has 2 rings (SSSR count). The Labute approximate surface area is 133 Å². The lowest BCUT2D eigenvalue weighted by Crippen LogP contribution is -2.46. The normalized spacial score (nSPS) is 22.6. The first kappa shape index (κ1) is 17.2. The number of halogens is 5. The molecule has 122 valence electrons. The molecule has 1 aliphatic heterocycles. The third kappa shape index (κ3) is 3.78. The number of nitrogens with one attached hydrogen (secondary N) is 1. The van der Waals surface area contributed by atoms with Gasteiger partial charge in [-0.2, -0.15) is 18.6 Å². The van der Waals surface area contributed by atoms with Gasteiger partial charge in [-0.1, -0.05) is 11.6 Å². The van der Waals surface area contributed by atoms with Crippen molar-refractivity contribution < 1.29 is 26.3 Å². The van der Waals surface area contributed by atoms with Gasteiger partial charge in [-0.25, -0.2) is 8.42 Å². The fraction of sp³-hybridized carbons (Fsp3) is 0.273. The van der Waals surface area contributed by atoms with E-state index in [1.54, 1.807) is 0 Å². The van der Waals surface area contributed by atoms with E-state index in [1.165, 1.54) is 12.1 Å². The summed E-state index contributed by atoms with van der Waals surface area (Å²) in [7, 11) is 2.38. The Morgan fingerprint density at radius 1 is 1.27 bits per heavy atom. The highest BCUT2D eigenvalue weighted by atomic mass is 35.7. The summed E-state index contributed by atoms with van der Waals surface area (Å²) >= 11 is 5.93. The Kier molecular flexibility index (Phi) is 4.29. The summed E-state index contributed by atoms with van der Waals surface area (Å²) in [5.41, 5.74) is 1.29. The molecule has 0 aliphatic carbocycles. The van der Waals surface area contributed by atoms with Crippen molar-refractivity contribution in [3.05, 3.63) is 36.0 Å². The van der Waals surface area contributed by atoms with Crippen LogP contribution in [0.2, 0.25) is 0 Å². The van der Waals surface area contributed by atoms with E-state index in [2.05, 4.69) is 5.43 Å². The number of hydrazine groups is 1. The highest BCUT2D eigenvalue weighted by molar-refractivity contribution is 8.13. The standard InChI is InChI=1S/C11H9Cl2F3N2O3S/c1-18-9(11(14,15)16)6-10(12,17-18)21-7-2-4-8(5-3-7)22(13,19)20/h2-6,17H,1H3. The van der Waals surface area contributed by atoms with Crippen LogP contribution in [0.1, 0.15) is 0 Å². The van der Waals surface area contributed by atoms with Gasteiger partial charge in [-0.3, -0.25) is 0 Å². The van der Waals surface area contributed by atoms with E-state index in [-0.39, 0.29) is 10.6 Å². The monoisotopic (exact) mass is 376 g/mol. The van der Waals surface area contributed by atoms with E-state index in [1.807, 2.05) is 0 Å². The Bertz CT molecular complexity index is 706. The first-order valence-electron chi connectivity index (χ1n) is 5.65. The molecule has 1 aromatic rings. The van der Waals surface area contributed by atoms with Crippen molar-refractivity contribution in [2.75, 3.05) is 7.05 Å². The molecule has 0 radical (unpaired) electrons. The average molecular weight is 377 g/mol. The van der Waals surface area contributed by atoms with Crippen molar-refractivity contribution in [2.45, 2.75) is 16.3 Å². The van der Waals surface area contributed by atoms with Crippen LogP contribution in [0.25, 0.3) is 0 Å². The summed E-state index contributed by atoms with van der Waals surface area (Å²) in [4.78, 5) is -0.173. The number of rotatable bonds is 3. The molecule has 0 aromatic heterocycles. The summed E-state index contributed by atoms with van der Waals surface area (Å²) in [6.07, 6.45) is -3.93. The molecule has 1 N–H and O–H groups in total. The van der Waals surface area contributed by atoms with Crippen LogP contribution in [0.4, 0.5) is 13.2 Å². The molecule has 0 fully saturated rings. The zero-order valence-corrected chi connectivity index (χ0v) is 13.2. The molecule has 0 saturated heterocycles. The van der Waals surface area contributed by atoms with E-state index in [4.69, 9.17) is 27.0 Å². The highest BCUT2D eigenvalue weighted by Gasteiger charge is 2.47. The zero-order valence-electron chi connectivity index (χ0n) is 10.9. The number of alkyl halides is 4. The van der Waals surface area contributed by atoms with E-state index < -0.39 is 26.1 Å². The summed E-state index contributed by atoms with van der Waals surface area (Å²) in [6, 6.07) is 4.73. The minimum Gasteiger partial charge on any atom is -0.453 e. The second-order valence-electron chi connectivity index (χ2n) is 4.35. The van der Waals surface area contributed by atoms with Gasteiger partial charge in [0, 0.05) is 23.8 Å². The van der Waals surface area contributed by atoms with E-state index in [0.29, 0.717) is 11.1 Å². The maximum Gasteiger partial charge on any atom is 0.432 e. The van der Waals surface area contributed by atoms with Crippen molar-refractivity contribution >= 4 is 31.3 Å². The Morgan fingerprint density at radius 3 is 2.23 bits per heavy atom. The SMILES string of the molecule is CN1NC(Cl)(Oc2ccc(S(=O)(=O)Cl)cc2)C=C1C(F)(F)F. The van der Waals surface area contributed by atoms with Gasteiger partial charge in [0.2, 0.25) is 0 Å². The van der Waals surface area contributed by atoms with E-state index >= 15 is 0 Å². The summed E-state index contributed by atoms with van der Waals surface area (Å²) in [6.45, 7) is 0. The second kappa shape index (κ2) is 5.48. The number of ether oxygens (including phenoxy) is 1. The molecule has 5 nitrogen and oxygen atoms in total. The third-order valence-electron chi connectivity index (χ3n) is 2.67. The fourth-order valence-electron chi connectivity index (χ4n) is 1.76. The van der Waals surface area contributed by atoms with Gasteiger partial charge in [-0.05, 0) is 24.3 Å². The maximum atomic E-state index is 12.7. The Balaban J connectivity index is 2.22. The van der Waals surface area contributed by atoms with Crippen molar-refractivity contribution in [1.82, 2.24) is 10.4 Å². The Morgan fingerprint density at radius 2 is 1.82 bits per heavy atom. The predicted molar refractivity (Wildman–Crippen MR) is 73.7 cm³/mol. The van der Waals surface area contributed by atoms with Crippen molar-refractivity contribution in [1.29, 1.82) is 0 Å². The van der Waals surface area contributed by atoms with Crippen molar-refractivity contribution in [2.24, 2.45) is 0 Å². The van der Waals surface area contributed by atoms with Crippen molar-refractivity contribution in [3.8, 4) is 5.75 Å². The van der Waals surface area contributed by atoms with Crippen molar-refractivity contribution in [3.63, 3.8) is 0 Å². The summed E-state index contributed by atoms with van der Waals surface area (Å²) in [5.74, 6) is 0.0552. The molecule has 11 heteroatoms. The molecule has 1 unspecified atom stereocenters. The first-order valence-corrected chi connectivity index (χ1v) is 8.34. The molecule has 1 heterocycles. The molecule has 1 aromatic carbocycles. The largest absolute Gasteiger partial charge is 0.453 e. The number of hydrogen-bond donors (Lipinski definition) is 1. The average Bonchev–Trinajstić information content (AvgIpc) is 2.64. The van der Waals surface area contributed by atoms with Crippen LogP contribution in [0.15, 0.2) is 40.9 Å². The van der Waals surface area contributed by atoms with Crippen LogP contribution in [0, 0.1) is 0 Å². The fourth-order valence-corrected chi connectivity index (χ4v) is 2.85. The molecule has 0 amide bonds. The van der Waals surface area contributed by atoms with Crippen LogP contribution < -0.4 is 10.2 Å². The van der Waals surface area contributed by atoms with Crippen LogP contribution in [-0.2, 0) is 9.05 Å². The smallest absolute Gasteiger partial charge is 0.432 e. The lowest BCUT2D eigenvalue weighted by molar-refractivity contribution is -0.111. The van der Waals surface area contributed by atoms with Gasteiger partial charge in [0.05, 0.1) is 4.90 Å². The topological polar surface area (TPSA) is 58.6 Å². The quantitative estimate of drug-likeness (QED) is 0.499. The van der Waals surface area contributed by atoms with Gasteiger partial charge in [0.15, 0.2) is 0 Å². The summed E-state index contributed by atoms with van der Waals surface area (Å²) < 4.78 is 65.6. The Hall–Kier alpha value is -1.16. The molecule has 1 atom stereocenters. The number of hydrogen-bond acceptors (Lipinski definition) is 5. The lowest BCUT2D eigenvalue weighted by atomic mass is 10.3. The molecular weight excluding hydrogens is 368 g/mol. The summed E-state index contributed by atoms with van der Waals surface area (Å²) in [5, 5.41) is -1.26. The molecule has 0 bridgehead atoms. The molecular formula is C11H9Cl2F3N2O3S. The van der Waals surface area contributed by atoms with E-state index in [9.17, 15) is 21.6 Å². The van der Waals surface area contributed by atoms with Gasteiger partial charge < -0.3 is 9.75 Å². The maximum absolute atomic E-state index is 12.7. The lowest BCUT2D eigenvalue weighted by Gasteiger charge is -2.25. The van der Waals surface area contributed by atoms with Crippen LogP contribution >= 0.6 is 22.3 Å². The van der Waals surface area contributed by atoms with Gasteiger partial charge in [0.25, 0.3) is 14.2 Å². The predicted octanol–water partition coefficient (Wildman–Crippen LogP) is 2.78. The van der Waals surface area contributed by atoms with Crippen LogP contribution in [0.5, 0.6) is 5.75 Å². The highest BCUT2D eigenvalue weighted by Crippen LogP contribution is 2.36. The second-order valence-corrected chi connectivity index (χ2v) is 7.48. The minimum absolute atomic E-state index is 0.0552. The molecule has 0 saturated carbocycles. The van der Waals surface area contributed by atoms with Crippen LogP contribution in [-0.4, -0.2) is 31.8 Å². The van der Waals surface area contributed by atoms with Gasteiger partial charge in [0.1, 0.15) is 11.4 Å². The molecule has 22 heavy (non-hydrogen) atoms. The molecule has 0 spiro atoms. The third-order valence-corrected chi connectivity index (χ3v) is 4.31. The van der Waals surface area contributed by atoms with E-state index in [0.717, 1.165) is 19.2 Å². The number of benzene rings is 1.